The maximum absolute atomic E-state index is 12.4. The smallest absolute Gasteiger partial charge is 0.219 e. The average molecular weight is 262 g/mol. The Morgan fingerprint density at radius 3 is 2.41 bits per heavy atom. The van der Waals surface area contributed by atoms with Gasteiger partial charge < -0.3 is 5.32 Å². The lowest BCUT2D eigenvalue weighted by molar-refractivity contribution is 0.358. The lowest BCUT2D eigenvalue weighted by Crippen LogP contribution is -2.48. The largest absolute Gasteiger partial charge is 0.313 e. The van der Waals surface area contributed by atoms with Gasteiger partial charge in [-0.3, -0.25) is 0 Å². The minimum absolute atomic E-state index is 0.332. The van der Waals surface area contributed by atoms with E-state index >= 15 is 0 Å². The van der Waals surface area contributed by atoms with Crippen LogP contribution in [-0.4, -0.2) is 43.1 Å². The third-order valence-corrected chi connectivity index (χ3v) is 5.73. The van der Waals surface area contributed by atoms with Crippen molar-refractivity contribution in [2.24, 2.45) is 0 Å². The summed E-state index contributed by atoms with van der Waals surface area (Å²) in [5.74, 6) is 0. The molecule has 0 aromatic carbocycles. The molecule has 0 radical (unpaired) electrons. The molecule has 1 aliphatic heterocycles. The Kier molecular flexibility index (Phi) is 4.98. The highest BCUT2D eigenvalue weighted by Gasteiger charge is 2.36. The molecule has 0 bridgehead atoms. The van der Waals surface area contributed by atoms with Crippen LogP contribution >= 0.6 is 0 Å². The predicted molar refractivity (Wildman–Crippen MR) is 71.6 cm³/mol. The highest BCUT2D eigenvalue weighted by molar-refractivity contribution is 7.90. The zero-order valence-electron chi connectivity index (χ0n) is 11.5. The van der Waals surface area contributed by atoms with Crippen molar-refractivity contribution in [3.8, 4) is 0 Å². The van der Waals surface area contributed by atoms with Crippen LogP contribution < -0.4 is 5.32 Å². The van der Waals surface area contributed by atoms with Gasteiger partial charge in [0.15, 0.2) is 0 Å². The monoisotopic (exact) mass is 262 g/mol. The summed E-state index contributed by atoms with van der Waals surface area (Å²) in [5.41, 5.74) is 0. The first-order chi connectivity index (χ1) is 7.79. The van der Waals surface area contributed by atoms with Gasteiger partial charge in [-0.15, -0.1) is 0 Å². The molecule has 17 heavy (non-hydrogen) atoms. The van der Waals surface area contributed by atoms with Crippen LogP contribution in [0.3, 0.4) is 0 Å². The van der Waals surface area contributed by atoms with Crippen LogP contribution in [0.25, 0.3) is 0 Å². The molecule has 1 fully saturated rings. The minimum atomic E-state index is -3.19. The van der Waals surface area contributed by atoms with Crippen LogP contribution in [0.2, 0.25) is 0 Å². The van der Waals surface area contributed by atoms with Gasteiger partial charge in [0.25, 0.3) is 0 Å². The molecule has 1 aliphatic rings. The van der Waals surface area contributed by atoms with E-state index < -0.39 is 14.8 Å². The van der Waals surface area contributed by atoms with Crippen molar-refractivity contribution >= 4 is 10.0 Å². The molecule has 5 heteroatoms. The Hall–Kier alpha value is -0.130. The highest BCUT2D eigenvalue weighted by atomic mass is 32.2. The second kappa shape index (κ2) is 5.67. The lowest BCUT2D eigenvalue weighted by Gasteiger charge is -2.31. The zero-order valence-corrected chi connectivity index (χ0v) is 12.3. The van der Waals surface area contributed by atoms with Crippen molar-refractivity contribution in [3.63, 3.8) is 0 Å². The van der Waals surface area contributed by atoms with Crippen molar-refractivity contribution in [2.45, 2.75) is 57.7 Å². The van der Waals surface area contributed by atoms with Gasteiger partial charge in [-0.1, -0.05) is 6.92 Å². The summed E-state index contributed by atoms with van der Waals surface area (Å²) in [6, 6.07) is 0.332. The Labute approximate surface area is 106 Å². The molecule has 1 heterocycles. The first-order valence-electron chi connectivity index (χ1n) is 6.52. The summed E-state index contributed by atoms with van der Waals surface area (Å²) in [7, 11) is -3.19. The fourth-order valence-corrected chi connectivity index (χ4v) is 3.68. The van der Waals surface area contributed by atoms with E-state index in [0.717, 1.165) is 25.8 Å². The first kappa shape index (κ1) is 14.9. The molecule has 1 unspecified atom stereocenters. The summed E-state index contributed by atoms with van der Waals surface area (Å²) in [6.07, 6.45) is 3.10. The number of nitrogens with zero attached hydrogens (tertiary/aromatic N) is 1. The Morgan fingerprint density at radius 1 is 1.35 bits per heavy atom. The van der Waals surface area contributed by atoms with E-state index in [9.17, 15) is 8.42 Å². The SMILES string of the molecule is CCCN(CC1CCCN1)S(=O)(=O)C(C)(C)C. The molecule has 0 aliphatic carbocycles. The molecule has 0 saturated carbocycles. The lowest BCUT2D eigenvalue weighted by atomic mass is 10.2. The number of hydrogen-bond donors (Lipinski definition) is 1. The second-order valence-electron chi connectivity index (χ2n) is 5.77. The number of rotatable bonds is 5. The molecule has 1 atom stereocenters. The quantitative estimate of drug-likeness (QED) is 0.818. The fourth-order valence-electron chi connectivity index (χ4n) is 2.10. The van der Waals surface area contributed by atoms with E-state index in [-0.39, 0.29) is 0 Å². The third-order valence-electron chi connectivity index (χ3n) is 3.17. The van der Waals surface area contributed by atoms with Gasteiger partial charge >= 0.3 is 0 Å². The molecule has 102 valence electrons. The van der Waals surface area contributed by atoms with E-state index in [1.165, 1.54) is 0 Å². The topological polar surface area (TPSA) is 49.4 Å². The van der Waals surface area contributed by atoms with Crippen molar-refractivity contribution in [3.05, 3.63) is 0 Å². The van der Waals surface area contributed by atoms with E-state index in [1.54, 1.807) is 25.1 Å². The van der Waals surface area contributed by atoms with E-state index in [4.69, 9.17) is 0 Å². The highest BCUT2D eigenvalue weighted by Crippen LogP contribution is 2.21. The van der Waals surface area contributed by atoms with Crippen LogP contribution in [-0.2, 0) is 10.0 Å². The van der Waals surface area contributed by atoms with Crippen molar-refractivity contribution in [1.29, 1.82) is 0 Å². The number of sulfonamides is 1. The van der Waals surface area contributed by atoms with Crippen molar-refractivity contribution < 1.29 is 8.42 Å². The van der Waals surface area contributed by atoms with Gasteiger partial charge in [0.2, 0.25) is 10.0 Å². The van der Waals surface area contributed by atoms with Gasteiger partial charge in [0, 0.05) is 19.1 Å². The zero-order chi connectivity index (χ0) is 13.1. The fraction of sp³-hybridized carbons (Fsp3) is 1.00. The maximum Gasteiger partial charge on any atom is 0.219 e. The summed E-state index contributed by atoms with van der Waals surface area (Å²) < 4.78 is 25.8. The molecule has 1 N–H and O–H groups in total. The van der Waals surface area contributed by atoms with Gasteiger partial charge in [-0.25, -0.2) is 8.42 Å². The average Bonchev–Trinajstić information content (AvgIpc) is 2.68. The Morgan fingerprint density at radius 2 is 2.00 bits per heavy atom. The van der Waals surface area contributed by atoms with Crippen LogP contribution in [0.15, 0.2) is 0 Å². The number of hydrogen-bond acceptors (Lipinski definition) is 3. The predicted octanol–water partition coefficient (Wildman–Crippen LogP) is 1.58. The van der Waals surface area contributed by atoms with Crippen LogP contribution in [0.4, 0.5) is 0 Å². The second-order valence-corrected chi connectivity index (χ2v) is 8.46. The Balaban J connectivity index is 2.77. The van der Waals surface area contributed by atoms with E-state index in [1.807, 2.05) is 6.92 Å². The van der Waals surface area contributed by atoms with Gasteiger partial charge in [0.05, 0.1) is 4.75 Å². The molecule has 4 nitrogen and oxygen atoms in total. The molecular formula is C12H26N2O2S. The number of nitrogens with one attached hydrogen (secondary N) is 1. The molecule has 0 aromatic heterocycles. The molecular weight excluding hydrogens is 236 g/mol. The summed E-state index contributed by atoms with van der Waals surface area (Å²) in [6.45, 7) is 9.59. The van der Waals surface area contributed by atoms with E-state index in [2.05, 4.69) is 5.32 Å². The van der Waals surface area contributed by atoms with Crippen LogP contribution in [0.5, 0.6) is 0 Å². The van der Waals surface area contributed by atoms with Crippen molar-refractivity contribution in [1.82, 2.24) is 9.62 Å². The molecule has 1 saturated heterocycles. The van der Waals surface area contributed by atoms with Gasteiger partial charge in [-0.2, -0.15) is 4.31 Å². The standard InChI is InChI=1S/C12H26N2O2S/c1-5-9-14(10-11-7-6-8-13-11)17(15,16)12(2,3)4/h11,13H,5-10H2,1-4H3. The molecule has 1 rings (SSSR count). The summed E-state index contributed by atoms with van der Waals surface area (Å²) in [4.78, 5) is 0. The molecule has 0 spiro atoms. The first-order valence-corrected chi connectivity index (χ1v) is 7.96. The Bertz CT molecular complexity index is 327. The molecule has 0 aromatic rings. The molecule has 0 amide bonds. The van der Waals surface area contributed by atoms with Gasteiger partial charge in [0.1, 0.15) is 0 Å². The summed E-state index contributed by atoms with van der Waals surface area (Å²) in [5, 5.41) is 3.36. The van der Waals surface area contributed by atoms with Crippen LogP contribution in [0.1, 0.15) is 47.0 Å². The minimum Gasteiger partial charge on any atom is -0.313 e. The summed E-state index contributed by atoms with van der Waals surface area (Å²) >= 11 is 0. The van der Waals surface area contributed by atoms with Gasteiger partial charge in [-0.05, 0) is 46.6 Å². The normalized spacial score (nSPS) is 22.3. The van der Waals surface area contributed by atoms with E-state index in [0.29, 0.717) is 19.1 Å². The third kappa shape index (κ3) is 3.66. The maximum atomic E-state index is 12.4. The van der Waals surface area contributed by atoms with Crippen LogP contribution in [0, 0.1) is 0 Å². The van der Waals surface area contributed by atoms with Crippen molar-refractivity contribution in [2.75, 3.05) is 19.6 Å².